The van der Waals surface area contributed by atoms with Gasteiger partial charge in [-0.2, -0.15) is 0 Å². The maximum absolute atomic E-state index is 12.6. The SMILES string of the molecule is CCCCc1nc2c(NC(C)(C)C)nc3cc(Br)sc3c2n1CC1CCN(C(=O)OC(C)(C)C)CC1. The summed E-state index contributed by atoms with van der Waals surface area (Å²) < 4.78 is 10.3. The van der Waals surface area contributed by atoms with Crippen LogP contribution in [-0.4, -0.2) is 49.8 Å². The van der Waals surface area contributed by atoms with Crippen molar-refractivity contribution in [3.63, 3.8) is 0 Å². The van der Waals surface area contributed by atoms with Crippen molar-refractivity contribution in [2.45, 2.75) is 98.3 Å². The molecule has 1 amide bonds. The number of anilines is 1. The van der Waals surface area contributed by atoms with Gasteiger partial charge >= 0.3 is 6.09 Å². The maximum Gasteiger partial charge on any atom is 0.410 e. The number of imidazole rings is 1. The van der Waals surface area contributed by atoms with E-state index in [0.717, 1.165) is 78.2 Å². The predicted molar refractivity (Wildman–Crippen MR) is 153 cm³/mol. The number of unbranched alkanes of at least 4 members (excludes halogenated alkanes) is 1. The van der Waals surface area contributed by atoms with Crippen molar-refractivity contribution < 1.29 is 9.53 Å². The van der Waals surface area contributed by atoms with Crippen LogP contribution in [0, 0.1) is 5.92 Å². The van der Waals surface area contributed by atoms with E-state index in [4.69, 9.17) is 14.7 Å². The van der Waals surface area contributed by atoms with Crippen LogP contribution in [0.25, 0.3) is 21.3 Å². The molecular weight excluding hydrogens is 538 g/mol. The molecule has 3 aromatic heterocycles. The van der Waals surface area contributed by atoms with E-state index in [1.54, 1.807) is 11.3 Å². The Labute approximate surface area is 227 Å². The molecule has 0 unspecified atom stereocenters. The Bertz CT molecular complexity index is 1230. The van der Waals surface area contributed by atoms with Crippen LogP contribution in [0.1, 0.15) is 80.0 Å². The minimum atomic E-state index is -0.467. The standard InChI is InChI=1S/C27H40BrN5O2S/c1-8-9-10-20-30-21-22(23-18(15-19(28)36-23)29-24(21)31-26(2,3)4)33(20)16-17-11-13-32(14-12-17)25(34)35-27(5,6)7/h15,17H,8-14,16H2,1-7H3,(H,29,31). The summed E-state index contributed by atoms with van der Waals surface area (Å²) in [5.74, 6) is 2.47. The summed E-state index contributed by atoms with van der Waals surface area (Å²) in [6.45, 7) is 16.8. The molecular formula is C27H40BrN5O2S. The zero-order valence-electron chi connectivity index (χ0n) is 22.7. The number of aromatic nitrogens is 3. The first kappa shape index (κ1) is 27.2. The van der Waals surface area contributed by atoms with Crippen molar-refractivity contribution >= 4 is 60.4 Å². The first-order valence-corrected chi connectivity index (χ1v) is 14.7. The molecule has 0 saturated carbocycles. The number of nitrogens with one attached hydrogen (secondary N) is 1. The minimum Gasteiger partial charge on any atom is -0.444 e. The highest BCUT2D eigenvalue weighted by Gasteiger charge is 2.29. The highest BCUT2D eigenvalue weighted by molar-refractivity contribution is 9.11. The second-order valence-electron chi connectivity index (χ2n) is 12.0. The molecule has 1 saturated heterocycles. The van der Waals surface area contributed by atoms with Crippen LogP contribution in [0.3, 0.4) is 0 Å². The number of nitrogens with zero attached hydrogens (tertiary/aromatic N) is 4. The van der Waals surface area contributed by atoms with Crippen LogP contribution < -0.4 is 5.32 Å². The number of fused-ring (bicyclic) bond motifs is 3. The average molecular weight is 579 g/mol. The topological polar surface area (TPSA) is 72.3 Å². The Hall–Kier alpha value is -1.87. The first-order valence-electron chi connectivity index (χ1n) is 13.1. The van der Waals surface area contributed by atoms with Crippen LogP contribution in [0.2, 0.25) is 0 Å². The van der Waals surface area contributed by atoms with E-state index in [1.165, 1.54) is 10.2 Å². The molecule has 0 aromatic carbocycles. The molecule has 3 aromatic rings. The number of rotatable bonds is 6. The zero-order valence-corrected chi connectivity index (χ0v) is 25.1. The van der Waals surface area contributed by atoms with Gasteiger partial charge in [0.2, 0.25) is 0 Å². The monoisotopic (exact) mass is 577 g/mol. The number of aryl methyl sites for hydroxylation is 1. The number of likely N-dealkylation sites (tertiary alicyclic amines) is 1. The largest absolute Gasteiger partial charge is 0.444 e. The van der Waals surface area contributed by atoms with Crippen LogP contribution in [-0.2, 0) is 17.7 Å². The van der Waals surface area contributed by atoms with Gasteiger partial charge in [-0.25, -0.2) is 14.8 Å². The number of hydrogen-bond acceptors (Lipinski definition) is 6. The summed E-state index contributed by atoms with van der Waals surface area (Å²) in [5.41, 5.74) is 2.55. The number of carbonyl (C=O) groups excluding carboxylic acids is 1. The third kappa shape index (κ3) is 6.33. The molecule has 0 radical (unpaired) electrons. The van der Waals surface area contributed by atoms with Crippen LogP contribution in [0.15, 0.2) is 9.85 Å². The van der Waals surface area contributed by atoms with E-state index in [0.29, 0.717) is 5.92 Å². The number of pyridine rings is 1. The molecule has 1 aliphatic heterocycles. The molecule has 36 heavy (non-hydrogen) atoms. The van der Waals surface area contributed by atoms with E-state index in [9.17, 15) is 4.79 Å². The van der Waals surface area contributed by atoms with Crippen molar-refractivity contribution in [1.29, 1.82) is 0 Å². The number of hydrogen-bond donors (Lipinski definition) is 1. The summed E-state index contributed by atoms with van der Waals surface area (Å²) in [5, 5.41) is 3.61. The van der Waals surface area contributed by atoms with Gasteiger partial charge in [-0.05, 0) is 88.7 Å². The Morgan fingerprint density at radius 3 is 2.50 bits per heavy atom. The predicted octanol–water partition coefficient (Wildman–Crippen LogP) is 7.61. The first-order chi connectivity index (χ1) is 16.8. The lowest BCUT2D eigenvalue weighted by atomic mass is 9.96. The van der Waals surface area contributed by atoms with Crippen molar-refractivity contribution in [1.82, 2.24) is 19.4 Å². The lowest BCUT2D eigenvalue weighted by Crippen LogP contribution is -2.42. The Balaban J connectivity index is 1.68. The van der Waals surface area contributed by atoms with Crippen molar-refractivity contribution in [3.8, 4) is 0 Å². The molecule has 198 valence electrons. The average Bonchev–Trinajstić information content (AvgIpc) is 3.30. The second-order valence-corrected chi connectivity index (χ2v) is 14.4. The highest BCUT2D eigenvalue weighted by Crippen LogP contribution is 2.39. The van der Waals surface area contributed by atoms with Crippen LogP contribution >= 0.6 is 27.3 Å². The molecule has 0 spiro atoms. The number of amides is 1. The summed E-state index contributed by atoms with van der Waals surface area (Å²) >= 11 is 5.42. The molecule has 0 aliphatic carbocycles. The van der Waals surface area contributed by atoms with Gasteiger partial charge in [0, 0.05) is 31.6 Å². The summed E-state index contributed by atoms with van der Waals surface area (Å²) in [4.78, 5) is 24.6. The summed E-state index contributed by atoms with van der Waals surface area (Å²) in [6, 6.07) is 2.11. The van der Waals surface area contributed by atoms with Gasteiger partial charge in [-0.15, -0.1) is 11.3 Å². The van der Waals surface area contributed by atoms with E-state index in [-0.39, 0.29) is 11.6 Å². The van der Waals surface area contributed by atoms with Gasteiger partial charge < -0.3 is 19.5 Å². The normalized spacial score (nSPS) is 15.7. The van der Waals surface area contributed by atoms with Crippen LogP contribution in [0.4, 0.5) is 10.6 Å². The van der Waals surface area contributed by atoms with E-state index >= 15 is 0 Å². The number of carbonyl (C=O) groups is 1. The van der Waals surface area contributed by atoms with Gasteiger partial charge in [-0.3, -0.25) is 0 Å². The van der Waals surface area contributed by atoms with E-state index < -0.39 is 5.60 Å². The van der Waals surface area contributed by atoms with Crippen molar-refractivity contribution in [2.24, 2.45) is 5.92 Å². The molecule has 9 heteroatoms. The van der Waals surface area contributed by atoms with E-state index in [1.807, 2.05) is 25.7 Å². The fourth-order valence-electron chi connectivity index (χ4n) is 4.72. The molecule has 4 rings (SSSR count). The molecule has 0 atom stereocenters. The maximum atomic E-state index is 12.6. The zero-order chi connectivity index (χ0) is 26.3. The molecule has 1 N–H and O–H groups in total. The third-order valence-corrected chi connectivity index (χ3v) is 7.99. The lowest BCUT2D eigenvalue weighted by Gasteiger charge is -2.33. The van der Waals surface area contributed by atoms with Crippen molar-refractivity contribution in [2.75, 3.05) is 18.4 Å². The van der Waals surface area contributed by atoms with Gasteiger partial charge in [0.15, 0.2) is 5.82 Å². The van der Waals surface area contributed by atoms with Crippen molar-refractivity contribution in [3.05, 3.63) is 15.7 Å². The summed E-state index contributed by atoms with van der Waals surface area (Å²) in [7, 11) is 0. The van der Waals surface area contributed by atoms with E-state index in [2.05, 4.69) is 59.6 Å². The Kier molecular flexibility index (Phi) is 7.91. The minimum absolute atomic E-state index is 0.122. The quantitative estimate of drug-likeness (QED) is 0.326. The second kappa shape index (κ2) is 10.5. The Morgan fingerprint density at radius 1 is 1.19 bits per heavy atom. The fourth-order valence-corrected chi connectivity index (χ4v) is 6.30. The number of piperidine rings is 1. The van der Waals surface area contributed by atoms with Gasteiger partial charge in [-0.1, -0.05) is 13.3 Å². The number of ether oxygens (including phenoxy) is 1. The number of thiophene rings is 1. The van der Waals surface area contributed by atoms with Crippen LogP contribution in [0.5, 0.6) is 0 Å². The third-order valence-electron chi connectivity index (χ3n) is 6.36. The Morgan fingerprint density at radius 2 is 1.89 bits per heavy atom. The molecule has 4 heterocycles. The highest BCUT2D eigenvalue weighted by atomic mass is 79.9. The summed E-state index contributed by atoms with van der Waals surface area (Å²) in [6.07, 6.45) is 4.90. The lowest BCUT2D eigenvalue weighted by molar-refractivity contribution is 0.0178. The van der Waals surface area contributed by atoms with Gasteiger partial charge in [0.05, 0.1) is 19.5 Å². The molecule has 1 fully saturated rings. The molecule has 7 nitrogen and oxygen atoms in total. The van der Waals surface area contributed by atoms with Gasteiger partial charge in [0.25, 0.3) is 0 Å². The fraction of sp³-hybridized carbons (Fsp3) is 0.667. The van der Waals surface area contributed by atoms with Gasteiger partial charge in [0.1, 0.15) is 16.9 Å². The number of halogens is 1. The molecule has 0 bridgehead atoms. The molecule has 1 aliphatic rings. The smallest absolute Gasteiger partial charge is 0.410 e.